The summed E-state index contributed by atoms with van der Waals surface area (Å²) >= 11 is 6.14. The Bertz CT molecular complexity index is 1350. The van der Waals surface area contributed by atoms with Gasteiger partial charge in [-0.15, -0.1) is 0 Å². The van der Waals surface area contributed by atoms with Crippen molar-refractivity contribution in [3.8, 4) is 5.69 Å². The van der Waals surface area contributed by atoms with Crippen LogP contribution in [0.2, 0.25) is 5.02 Å². The predicted molar refractivity (Wildman–Crippen MR) is 131 cm³/mol. The molecule has 3 heterocycles. The number of carbonyl (C=O) groups is 2. The minimum Gasteiger partial charge on any atom is -0.294 e. The Labute approximate surface area is 203 Å². The zero-order valence-corrected chi connectivity index (χ0v) is 20.5. The molecule has 1 N–H and O–H groups in total. The van der Waals surface area contributed by atoms with E-state index < -0.39 is 17.4 Å². The molecule has 0 bridgehead atoms. The van der Waals surface area contributed by atoms with E-state index in [1.807, 2.05) is 39.8 Å². The second kappa shape index (κ2) is 9.43. The molecule has 8 heteroatoms. The fraction of sp³-hybridized carbons (Fsp3) is 0.308. The van der Waals surface area contributed by atoms with Crippen LogP contribution >= 0.6 is 11.6 Å². The summed E-state index contributed by atoms with van der Waals surface area (Å²) in [7, 11) is 0. The van der Waals surface area contributed by atoms with Gasteiger partial charge in [-0.05, 0) is 42.5 Å². The summed E-state index contributed by atoms with van der Waals surface area (Å²) in [5.74, 6) is -0.773. The van der Waals surface area contributed by atoms with E-state index in [-0.39, 0.29) is 29.3 Å². The summed E-state index contributed by atoms with van der Waals surface area (Å²) in [4.78, 5) is 42.1. The molecule has 1 aromatic carbocycles. The number of benzene rings is 1. The van der Waals surface area contributed by atoms with Crippen LogP contribution in [0.3, 0.4) is 0 Å². The van der Waals surface area contributed by atoms with Crippen LogP contribution in [0.4, 0.5) is 0 Å². The van der Waals surface area contributed by atoms with Crippen molar-refractivity contribution in [3.63, 3.8) is 0 Å². The number of rotatable bonds is 7. The molecule has 1 aliphatic rings. The average molecular weight is 480 g/mol. The molecule has 0 radical (unpaired) electrons. The molecule has 0 aliphatic carbocycles. The number of carbonyl (C=O) groups excluding carboxylic acids is 2. The first-order chi connectivity index (χ1) is 16.3. The van der Waals surface area contributed by atoms with E-state index in [0.29, 0.717) is 22.8 Å². The molecule has 0 saturated heterocycles. The molecule has 3 aromatic rings. The molecule has 4 rings (SSSR count). The zero-order valence-electron chi connectivity index (χ0n) is 19.8. The van der Waals surface area contributed by atoms with Gasteiger partial charge in [0.25, 0.3) is 17.2 Å². The van der Waals surface area contributed by atoms with Crippen LogP contribution in [0.25, 0.3) is 17.0 Å². The Morgan fingerprint density at radius 1 is 1.00 bits per heavy atom. The molecule has 0 saturated carbocycles. The van der Waals surface area contributed by atoms with Crippen molar-refractivity contribution in [1.82, 2.24) is 14.7 Å². The summed E-state index contributed by atoms with van der Waals surface area (Å²) in [5.41, 5.74) is 2.37. The summed E-state index contributed by atoms with van der Waals surface area (Å²) in [6.45, 7) is 8.10. The third-order valence-corrected chi connectivity index (χ3v) is 6.13. The van der Waals surface area contributed by atoms with Gasteiger partial charge in [-0.3, -0.25) is 24.4 Å². The van der Waals surface area contributed by atoms with Crippen molar-refractivity contribution in [3.05, 3.63) is 81.0 Å². The summed E-state index contributed by atoms with van der Waals surface area (Å²) in [6.07, 6.45) is 4.86. The van der Waals surface area contributed by atoms with Crippen molar-refractivity contribution in [2.75, 3.05) is 6.54 Å². The van der Waals surface area contributed by atoms with Gasteiger partial charge in [-0.25, -0.2) is 4.68 Å². The van der Waals surface area contributed by atoms with Crippen LogP contribution < -0.4 is 10.1 Å². The van der Waals surface area contributed by atoms with E-state index in [1.165, 1.54) is 9.58 Å². The molecule has 0 atom stereocenters. The van der Waals surface area contributed by atoms with Crippen LogP contribution in [0.15, 0.2) is 53.6 Å². The summed E-state index contributed by atoms with van der Waals surface area (Å²) in [6, 6.07) is 10.7. The normalized spacial score (nSPS) is 14.1. The second-order valence-corrected chi connectivity index (χ2v) is 9.18. The lowest BCUT2D eigenvalue weighted by Crippen LogP contribution is -2.40. The number of imide groups is 1. The zero-order chi connectivity index (χ0) is 24.6. The van der Waals surface area contributed by atoms with Crippen LogP contribution in [-0.2, 0) is 22.4 Å². The number of nitrogens with one attached hydrogen (secondary N) is 1. The van der Waals surface area contributed by atoms with Crippen molar-refractivity contribution < 1.29 is 14.2 Å². The quantitative estimate of drug-likeness (QED) is 0.415. The minimum atomic E-state index is -0.454. The number of H-pyrrole nitrogens is 1. The van der Waals surface area contributed by atoms with Gasteiger partial charge in [-0.1, -0.05) is 45.4 Å². The number of nitrogens with zero attached hydrogens (tertiary/aromatic N) is 3. The van der Waals surface area contributed by atoms with Crippen LogP contribution in [-0.4, -0.2) is 33.0 Å². The first kappa shape index (κ1) is 23.7. The molecular formula is C26H28ClN4O3+. The molecule has 176 valence electrons. The van der Waals surface area contributed by atoms with Gasteiger partial charge in [-0.2, -0.15) is 4.57 Å². The van der Waals surface area contributed by atoms with E-state index in [2.05, 4.69) is 5.10 Å². The molecule has 0 spiro atoms. The number of hydrogen-bond acceptors (Lipinski definition) is 3. The number of halogens is 1. The molecule has 7 nitrogen and oxygen atoms in total. The highest BCUT2D eigenvalue weighted by Crippen LogP contribution is 2.31. The Kier molecular flexibility index (Phi) is 6.57. The molecule has 34 heavy (non-hydrogen) atoms. The van der Waals surface area contributed by atoms with Crippen LogP contribution in [0.1, 0.15) is 44.5 Å². The van der Waals surface area contributed by atoms with E-state index in [1.54, 1.807) is 41.2 Å². The van der Waals surface area contributed by atoms with Gasteiger partial charge in [0.2, 0.25) is 0 Å². The Morgan fingerprint density at radius 3 is 2.29 bits per heavy atom. The lowest BCUT2D eigenvalue weighted by molar-refractivity contribution is -0.577. The second-order valence-electron chi connectivity index (χ2n) is 8.74. The topological polar surface area (TPSA) is 79.1 Å². The Hall–Kier alpha value is -3.45. The van der Waals surface area contributed by atoms with Gasteiger partial charge in [0.15, 0.2) is 12.4 Å². The van der Waals surface area contributed by atoms with E-state index in [9.17, 15) is 14.4 Å². The third kappa shape index (κ3) is 4.12. The van der Waals surface area contributed by atoms with E-state index in [0.717, 1.165) is 12.0 Å². The maximum absolute atomic E-state index is 13.7. The molecule has 0 unspecified atom stereocenters. The van der Waals surface area contributed by atoms with Gasteiger partial charge >= 0.3 is 5.91 Å². The monoisotopic (exact) mass is 479 g/mol. The van der Waals surface area contributed by atoms with Gasteiger partial charge in [0.1, 0.15) is 5.57 Å². The molecule has 2 amide bonds. The molecule has 0 fully saturated rings. The maximum atomic E-state index is 13.7. The van der Waals surface area contributed by atoms with E-state index >= 15 is 0 Å². The van der Waals surface area contributed by atoms with Gasteiger partial charge < -0.3 is 0 Å². The van der Waals surface area contributed by atoms with Crippen molar-refractivity contribution >= 4 is 34.7 Å². The standard InChI is InChI=1S/C26H27ClN4O3/c1-5-17-10-12-29(13-11-17)23-22(24(32)30(26(23)34)15-16(3)4)21-20(6-2)28-31(25(21)33)19-9-7-8-18(27)14-19/h7-14,16H,5-6,15H2,1-4H3/p+1. The third-order valence-electron chi connectivity index (χ3n) is 5.89. The largest absolute Gasteiger partial charge is 0.326 e. The smallest absolute Gasteiger partial charge is 0.294 e. The van der Waals surface area contributed by atoms with Gasteiger partial charge in [0.05, 0.1) is 11.3 Å². The Balaban J connectivity index is 1.98. The minimum absolute atomic E-state index is 0.0842. The fourth-order valence-corrected chi connectivity index (χ4v) is 4.38. The summed E-state index contributed by atoms with van der Waals surface area (Å²) < 4.78 is 3.02. The molecule has 1 aliphatic heterocycles. The van der Waals surface area contributed by atoms with Crippen molar-refractivity contribution in [2.24, 2.45) is 5.92 Å². The highest BCUT2D eigenvalue weighted by Gasteiger charge is 2.47. The van der Waals surface area contributed by atoms with Crippen LogP contribution in [0, 0.1) is 5.92 Å². The van der Waals surface area contributed by atoms with Gasteiger partial charge in [0, 0.05) is 29.4 Å². The maximum Gasteiger partial charge on any atom is 0.326 e. The first-order valence-electron chi connectivity index (χ1n) is 11.5. The number of aromatic amines is 1. The highest BCUT2D eigenvalue weighted by atomic mass is 35.5. The lowest BCUT2D eigenvalue weighted by Gasteiger charge is -2.16. The van der Waals surface area contributed by atoms with Crippen molar-refractivity contribution in [1.29, 1.82) is 0 Å². The molecule has 2 aromatic heterocycles. The number of amides is 2. The Morgan fingerprint density at radius 2 is 1.71 bits per heavy atom. The average Bonchev–Trinajstić information content (AvgIpc) is 3.27. The predicted octanol–water partition coefficient (Wildman–Crippen LogP) is 3.62. The highest BCUT2D eigenvalue weighted by molar-refractivity contribution is 6.44. The number of aromatic nitrogens is 3. The number of aryl methyl sites for hydroxylation is 2. The van der Waals surface area contributed by atoms with E-state index in [4.69, 9.17) is 11.6 Å². The van der Waals surface area contributed by atoms with Crippen LogP contribution in [0.5, 0.6) is 0 Å². The molecular weight excluding hydrogens is 452 g/mol. The summed E-state index contributed by atoms with van der Waals surface area (Å²) in [5, 5.41) is 3.61. The SMILES string of the molecule is CCc1cc[n+](C2=C(c3c(CC)[nH]n(-c4cccc(Cl)c4)c3=O)C(=O)N(CC(C)C)C2=O)cc1. The number of hydrogen-bond donors (Lipinski definition) is 1. The first-order valence-corrected chi connectivity index (χ1v) is 11.9. The fourth-order valence-electron chi connectivity index (χ4n) is 4.19. The number of pyridine rings is 1. The van der Waals surface area contributed by atoms with Crippen molar-refractivity contribution in [2.45, 2.75) is 40.5 Å². The lowest BCUT2D eigenvalue weighted by atomic mass is 10.0.